The lowest BCUT2D eigenvalue weighted by atomic mass is 10.00. The predicted octanol–water partition coefficient (Wildman–Crippen LogP) is 19.8. The third kappa shape index (κ3) is 63.2. The Hall–Kier alpha value is -1.94. The number of hydrogen-bond acceptors (Lipinski definition) is 15. The van der Waals surface area contributed by atoms with Crippen molar-refractivity contribution < 1.29 is 80.2 Å². The van der Waals surface area contributed by atoms with Gasteiger partial charge in [0, 0.05) is 25.7 Å². The maximum atomic E-state index is 13.0. The monoisotopic (exact) mass is 1310 g/mol. The number of unbranched alkanes of at least 4 members (excludes halogenated alkanes) is 35. The summed E-state index contributed by atoms with van der Waals surface area (Å²) in [7, 11) is -9.90. The van der Waals surface area contributed by atoms with Crippen LogP contribution in [0.3, 0.4) is 0 Å². The van der Waals surface area contributed by atoms with E-state index in [2.05, 4.69) is 48.5 Å². The molecule has 0 radical (unpaired) electrons. The van der Waals surface area contributed by atoms with Gasteiger partial charge in [0.15, 0.2) is 12.2 Å². The fourth-order valence-corrected chi connectivity index (χ4v) is 12.1. The van der Waals surface area contributed by atoms with Crippen molar-refractivity contribution in [2.45, 2.75) is 369 Å². The van der Waals surface area contributed by atoms with Gasteiger partial charge in [0.2, 0.25) is 0 Å². The van der Waals surface area contributed by atoms with E-state index in [1.165, 1.54) is 154 Å². The van der Waals surface area contributed by atoms with Crippen LogP contribution < -0.4 is 0 Å². The Labute approximate surface area is 543 Å². The summed E-state index contributed by atoms with van der Waals surface area (Å²) in [6.07, 6.45) is 44.6. The number of aliphatic hydroxyl groups excluding tert-OH is 1. The van der Waals surface area contributed by atoms with Gasteiger partial charge in [-0.3, -0.25) is 37.3 Å². The molecule has 0 aliphatic rings. The lowest BCUT2D eigenvalue weighted by molar-refractivity contribution is -0.161. The van der Waals surface area contributed by atoms with Crippen LogP contribution in [0.4, 0.5) is 0 Å². The molecule has 0 aliphatic heterocycles. The highest BCUT2D eigenvalue weighted by atomic mass is 31.2. The Bertz CT molecular complexity index is 1750. The van der Waals surface area contributed by atoms with Gasteiger partial charge >= 0.3 is 39.5 Å². The standard InChI is InChI=1S/C70H136O17P2/c1-8-10-11-12-13-14-15-16-17-18-19-20-25-30-39-46-53-69(74)86-65(57-80-67(72)51-44-37-29-24-22-21-23-27-34-41-48-61(3)4)59-84-88(76,77)82-55-64(71)56-83-89(78,79)85-60-66(87-70(75)54-47-40-31-26-28-35-42-49-62(5)6)58-81-68(73)52-45-38-33-32-36-43-50-63(7)9-2/h61-66,71H,8-60H2,1-7H3,(H,76,77)(H,78,79)/t63?,64-,65-,66-/m1/s1. The van der Waals surface area contributed by atoms with Crippen LogP contribution in [0, 0.1) is 17.8 Å². The Kier molecular flexibility index (Phi) is 59.6. The Morgan fingerprint density at radius 2 is 0.573 bits per heavy atom. The molecule has 0 saturated heterocycles. The van der Waals surface area contributed by atoms with Crippen molar-refractivity contribution in [3.8, 4) is 0 Å². The summed E-state index contributed by atoms with van der Waals surface area (Å²) in [5.74, 6) is 0.0562. The second-order valence-electron chi connectivity index (χ2n) is 26.5. The van der Waals surface area contributed by atoms with Crippen molar-refractivity contribution in [2.75, 3.05) is 39.6 Å². The largest absolute Gasteiger partial charge is 0.472 e. The zero-order chi connectivity index (χ0) is 65.9. The molecular weight excluding hydrogens is 1170 g/mol. The van der Waals surface area contributed by atoms with Crippen molar-refractivity contribution in [2.24, 2.45) is 17.8 Å². The highest BCUT2D eigenvalue weighted by Gasteiger charge is 2.30. The van der Waals surface area contributed by atoms with Crippen LogP contribution in [0.15, 0.2) is 0 Å². The molecule has 0 aromatic carbocycles. The number of carbonyl (C=O) groups is 4. The Morgan fingerprint density at radius 1 is 0.326 bits per heavy atom. The molecule has 0 aliphatic carbocycles. The number of esters is 4. The SMILES string of the molecule is CCCCCCCCCCCCCCCCCCC(=O)O[C@H](COC(=O)CCCCCCCCCCCCC(C)C)COP(=O)(O)OC[C@@H](O)COP(=O)(O)OC[C@@H](COC(=O)CCCCCCCCC(C)CC)OC(=O)CCCCCCCCCC(C)C. The van der Waals surface area contributed by atoms with E-state index in [4.69, 9.17) is 37.0 Å². The number of phosphoric acid groups is 2. The first-order valence-electron chi connectivity index (χ1n) is 36.4. The van der Waals surface area contributed by atoms with Crippen molar-refractivity contribution in [3.63, 3.8) is 0 Å². The molecule has 0 aromatic heterocycles. The summed E-state index contributed by atoms with van der Waals surface area (Å²) in [4.78, 5) is 72.5. The molecule has 0 fully saturated rings. The van der Waals surface area contributed by atoms with E-state index >= 15 is 0 Å². The summed E-state index contributed by atoms with van der Waals surface area (Å²) >= 11 is 0. The summed E-state index contributed by atoms with van der Waals surface area (Å²) in [6, 6.07) is 0. The van der Waals surface area contributed by atoms with Gasteiger partial charge in [0.05, 0.1) is 26.4 Å². The second-order valence-corrected chi connectivity index (χ2v) is 29.4. The summed E-state index contributed by atoms with van der Waals surface area (Å²) in [5.41, 5.74) is 0. The average molecular weight is 1310 g/mol. The minimum absolute atomic E-state index is 0.102. The second kappa shape index (κ2) is 61.0. The van der Waals surface area contributed by atoms with E-state index in [0.717, 1.165) is 108 Å². The van der Waals surface area contributed by atoms with Crippen LogP contribution in [0.1, 0.15) is 350 Å². The number of aliphatic hydroxyl groups is 1. The molecule has 0 spiro atoms. The summed E-state index contributed by atoms with van der Waals surface area (Å²) < 4.78 is 68.3. The zero-order valence-corrected chi connectivity index (χ0v) is 59.7. The van der Waals surface area contributed by atoms with E-state index in [-0.39, 0.29) is 25.7 Å². The molecule has 3 N–H and O–H groups in total. The summed E-state index contributed by atoms with van der Waals surface area (Å²) in [6.45, 7) is 11.7. The number of carbonyl (C=O) groups excluding carboxylic acids is 4. The normalized spacial score (nSPS) is 14.5. The maximum Gasteiger partial charge on any atom is 0.472 e. The third-order valence-corrected chi connectivity index (χ3v) is 18.4. The van der Waals surface area contributed by atoms with E-state index in [9.17, 15) is 43.2 Å². The molecule has 89 heavy (non-hydrogen) atoms. The van der Waals surface area contributed by atoms with Crippen LogP contribution in [0.5, 0.6) is 0 Å². The molecule has 3 unspecified atom stereocenters. The van der Waals surface area contributed by atoms with Gasteiger partial charge in [-0.2, -0.15) is 0 Å². The van der Waals surface area contributed by atoms with Gasteiger partial charge in [-0.1, -0.05) is 299 Å². The summed E-state index contributed by atoms with van der Waals surface area (Å²) in [5, 5.41) is 10.6. The number of rotatable bonds is 68. The molecule has 0 saturated carbocycles. The first kappa shape index (κ1) is 87.1. The molecule has 0 amide bonds. The molecule has 0 bridgehead atoms. The van der Waals surface area contributed by atoms with E-state index in [1.807, 2.05) is 0 Å². The highest BCUT2D eigenvalue weighted by molar-refractivity contribution is 7.47. The molecule has 0 aromatic rings. The fraction of sp³-hybridized carbons (Fsp3) is 0.943. The fourth-order valence-electron chi connectivity index (χ4n) is 10.5. The lowest BCUT2D eigenvalue weighted by Crippen LogP contribution is -2.30. The minimum Gasteiger partial charge on any atom is -0.462 e. The first-order valence-corrected chi connectivity index (χ1v) is 39.4. The molecule has 6 atom stereocenters. The van der Waals surface area contributed by atoms with Crippen LogP contribution in [0.25, 0.3) is 0 Å². The number of ether oxygens (including phenoxy) is 4. The van der Waals surface area contributed by atoms with Gasteiger partial charge in [-0.15, -0.1) is 0 Å². The molecule has 17 nitrogen and oxygen atoms in total. The lowest BCUT2D eigenvalue weighted by Gasteiger charge is -2.21. The highest BCUT2D eigenvalue weighted by Crippen LogP contribution is 2.45. The maximum absolute atomic E-state index is 13.0. The van der Waals surface area contributed by atoms with Crippen LogP contribution in [0.2, 0.25) is 0 Å². The van der Waals surface area contributed by atoms with E-state index in [1.54, 1.807) is 0 Å². The van der Waals surface area contributed by atoms with Gasteiger partial charge < -0.3 is 33.8 Å². The van der Waals surface area contributed by atoms with Gasteiger partial charge in [0.1, 0.15) is 19.3 Å². The quantitative estimate of drug-likeness (QED) is 0.0222. The Balaban J connectivity index is 5.25. The van der Waals surface area contributed by atoms with Gasteiger partial charge in [-0.05, 0) is 43.4 Å². The zero-order valence-electron chi connectivity index (χ0n) is 57.9. The molecule has 0 rings (SSSR count). The third-order valence-electron chi connectivity index (χ3n) is 16.5. The Morgan fingerprint density at radius 3 is 0.854 bits per heavy atom. The number of phosphoric ester groups is 2. The first-order chi connectivity index (χ1) is 42.8. The molecular formula is C70H136O17P2. The van der Waals surface area contributed by atoms with Crippen LogP contribution in [-0.2, 0) is 65.4 Å². The predicted molar refractivity (Wildman–Crippen MR) is 358 cm³/mol. The van der Waals surface area contributed by atoms with Crippen molar-refractivity contribution in [3.05, 3.63) is 0 Å². The van der Waals surface area contributed by atoms with E-state index < -0.39 is 97.5 Å². The van der Waals surface area contributed by atoms with Crippen molar-refractivity contribution in [1.82, 2.24) is 0 Å². The van der Waals surface area contributed by atoms with Gasteiger partial charge in [0.25, 0.3) is 0 Å². The van der Waals surface area contributed by atoms with E-state index in [0.29, 0.717) is 31.6 Å². The van der Waals surface area contributed by atoms with Crippen LogP contribution >= 0.6 is 15.6 Å². The smallest absolute Gasteiger partial charge is 0.462 e. The van der Waals surface area contributed by atoms with Gasteiger partial charge in [-0.25, -0.2) is 9.13 Å². The topological polar surface area (TPSA) is 237 Å². The molecule has 0 heterocycles. The molecule has 528 valence electrons. The molecule has 19 heteroatoms. The average Bonchev–Trinajstić information content (AvgIpc) is 3.71. The number of hydrogen-bond donors (Lipinski definition) is 3. The van der Waals surface area contributed by atoms with Crippen LogP contribution in [-0.4, -0.2) is 96.7 Å². The minimum atomic E-state index is -4.95. The van der Waals surface area contributed by atoms with Crippen molar-refractivity contribution in [1.29, 1.82) is 0 Å². The van der Waals surface area contributed by atoms with Crippen molar-refractivity contribution >= 4 is 39.5 Å².